The van der Waals surface area contributed by atoms with Crippen LogP contribution in [0.15, 0.2) is 59.7 Å². The molecule has 0 radical (unpaired) electrons. The monoisotopic (exact) mass is 494 g/mol. The molecule has 1 saturated heterocycles. The van der Waals surface area contributed by atoms with E-state index < -0.39 is 28.6 Å². The van der Waals surface area contributed by atoms with E-state index in [1.165, 1.54) is 29.0 Å². The van der Waals surface area contributed by atoms with Gasteiger partial charge < -0.3 is 24.4 Å². The van der Waals surface area contributed by atoms with Gasteiger partial charge in [0.2, 0.25) is 11.3 Å². The van der Waals surface area contributed by atoms with Gasteiger partial charge in [0.1, 0.15) is 23.7 Å². The lowest BCUT2D eigenvalue weighted by molar-refractivity contribution is 0.0695. The first-order valence-corrected chi connectivity index (χ1v) is 11.1. The second-order valence-corrected chi connectivity index (χ2v) is 8.37. The van der Waals surface area contributed by atoms with Gasteiger partial charge in [-0.2, -0.15) is 5.10 Å². The minimum absolute atomic E-state index is 0.109. The van der Waals surface area contributed by atoms with Crippen molar-refractivity contribution in [3.05, 3.63) is 82.3 Å². The number of fused-ring (bicyclic) bond motifs is 1. The van der Waals surface area contributed by atoms with E-state index in [4.69, 9.17) is 4.74 Å². The smallest absolute Gasteiger partial charge is 0.341 e. The Morgan fingerprint density at radius 1 is 1.14 bits per heavy atom. The Morgan fingerprint density at radius 3 is 2.67 bits per heavy atom. The number of ether oxygens (including phenoxy) is 1. The summed E-state index contributed by atoms with van der Waals surface area (Å²) in [7, 11) is 0. The molecule has 5 rings (SSSR count). The zero-order valence-electron chi connectivity index (χ0n) is 18.8. The van der Waals surface area contributed by atoms with Crippen LogP contribution < -0.4 is 15.1 Å². The molecule has 0 aliphatic carbocycles. The lowest BCUT2D eigenvalue weighted by atomic mass is 10.1. The molecule has 184 valence electrons. The number of anilines is 1. The largest absolute Gasteiger partial charge is 0.508 e. The number of hydrogen-bond acceptors (Lipinski definition) is 7. The first kappa shape index (κ1) is 23.2. The van der Waals surface area contributed by atoms with Crippen LogP contribution >= 0.6 is 0 Å². The molecule has 0 saturated carbocycles. The van der Waals surface area contributed by atoms with Crippen LogP contribution in [0.2, 0.25) is 0 Å². The van der Waals surface area contributed by atoms with Crippen molar-refractivity contribution in [3.8, 4) is 17.3 Å². The third kappa shape index (κ3) is 4.19. The Morgan fingerprint density at radius 2 is 1.94 bits per heavy atom. The van der Waals surface area contributed by atoms with E-state index in [1.807, 2.05) is 0 Å². The Hall–Kier alpha value is -4.54. The summed E-state index contributed by atoms with van der Waals surface area (Å²) in [5.41, 5.74) is -1.35. The van der Waals surface area contributed by atoms with Crippen LogP contribution in [0, 0.1) is 11.6 Å². The molecule has 9 nitrogen and oxygen atoms in total. The van der Waals surface area contributed by atoms with E-state index in [0.29, 0.717) is 12.4 Å². The maximum absolute atomic E-state index is 15.4. The van der Waals surface area contributed by atoms with Gasteiger partial charge in [0, 0.05) is 36.5 Å². The lowest BCUT2D eigenvalue weighted by Gasteiger charge is -2.27. The summed E-state index contributed by atoms with van der Waals surface area (Å²) in [6.07, 6.45) is 4.01. The molecule has 4 aromatic rings. The molecule has 0 spiro atoms. The number of benzene rings is 2. The number of aromatic carboxylic acids is 1. The summed E-state index contributed by atoms with van der Waals surface area (Å²) in [6.45, 7) is 0.732. The first-order chi connectivity index (χ1) is 17.3. The number of carboxylic acids is 1. The zero-order chi connectivity index (χ0) is 25.4. The Labute approximate surface area is 202 Å². The predicted octanol–water partition coefficient (Wildman–Crippen LogP) is 3.51. The first-order valence-electron chi connectivity index (χ1n) is 11.1. The van der Waals surface area contributed by atoms with Crippen molar-refractivity contribution in [3.63, 3.8) is 0 Å². The lowest BCUT2D eigenvalue weighted by Crippen LogP contribution is -2.35. The standard InChI is InChI=1S/C25H20F2N4O5/c26-18-9-15(32)5-6-20(18)31-12-17(25(34)35)24(33)16-10-19(27)22(11-21(16)31)30-8-2-3-14(30)13-36-23-4-1-7-28-29-23/h1,4-7,9-12,14,32H,2-3,8,13H2,(H,34,35)/t14-/m1/s1. The van der Waals surface area contributed by atoms with Gasteiger partial charge >= 0.3 is 5.97 Å². The summed E-state index contributed by atoms with van der Waals surface area (Å²) in [5, 5.41) is 26.6. The number of aromatic hydroxyl groups is 1. The van der Waals surface area contributed by atoms with Gasteiger partial charge in [0.05, 0.1) is 22.9 Å². The van der Waals surface area contributed by atoms with Crippen molar-refractivity contribution in [2.24, 2.45) is 0 Å². The van der Waals surface area contributed by atoms with Crippen LogP contribution in [0.3, 0.4) is 0 Å². The molecular formula is C25H20F2N4O5. The molecule has 1 fully saturated rings. The molecule has 36 heavy (non-hydrogen) atoms. The van der Waals surface area contributed by atoms with E-state index in [1.54, 1.807) is 17.0 Å². The third-order valence-electron chi connectivity index (χ3n) is 6.15. The molecule has 2 N–H and O–H groups in total. The van der Waals surface area contributed by atoms with E-state index in [0.717, 1.165) is 31.2 Å². The average molecular weight is 494 g/mol. The number of aromatic nitrogens is 3. The maximum Gasteiger partial charge on any atom is 0.341 e. The highest BCUT2D eigenvalue weighted by atomic mass is 19.1. The molecular weight excluding hydrogens is 474 g/mol. The van der Waals surface area contributed by atoms with Gasteiger partial charge in [0.25, 0.3) is 0 Å². The van der Waals surface area contributed by atoms with Crippen LogP contribution in [-0.2, 0) is 0 Å². The second-order valence-electron chi connectivity index (χ2n) is 8.37. The number of carbonyl (C=O) groups is 1. The van der Waals surface area contributed by atoms with Crippen molar-refractivity contribution in [1.82, 2.24) is 14.8 Å². The minimum Gasteiger partial charge on any atom is -0.508 e. The summed E-state index contributed by atoms with van der Waals surface area (Å²) < 4.78 is 37.1. The Kier molecular flexibility index (Phi) is 5.96. The van der Waals surface area contributed by atoms with Crippen LogP contribution in [0.25, 0.3) is 16.6 Å². The average Bonchev–Trinajstić information content (AvgIpc) is 3.32. The predicted molar refractivity (Wildman–Crippen MR) is 126 cm³/mol. The highest BCUT2D eigenvalue weighted by Gasteiger charge is 2.29. The van der Waals surface area contributed by atoms with E-state index in [-0.39, 0.29) is 40.7 Å². The van der Waals surface area contributed by atoms with Gasteiger partial charge in [-0.15, -0.1) is 5.10 Å². The summed E-state index contributed by atoms with van der Waals surface area (Å²) in [6, 6.07) is 8.87. The molecule has 1 aliphatic heterocycles. The van der Waals surface area contributed by atoms with Crippen molar-refractivity contribution in [2.45, 2.75) is 18.9 Å². The summed E-state index contributed by atoms with van der Waals surface area (Å²) in [5.74, 6) is -3.08. The molecule has 0 bridgehead atoms. The summed E-state index contributed by atoms with van der Waals surface area (Å²) in [4.78, 5) is 26.4. The molecule has 3 heterocycles. The molecule has 2 aromatic carbocycles. The van der Waals surface area contributed by atoms with E-state index in [2.05, 4.69) is 10.2 Å². The fourth-order valence-electron chi connectivity index (χ4n) is 4.47. The van der Waals surface area contributed by atoms with Crippen LogP contribution in [0.5, 0.6) is 11.6 Å². The fourth-order valence-corrected chi connectivity index (χ4v) is 4.47. The Balaban J connectivity index is 1.63. The van der Waals surface area contributed by atoms with Gasteiger partial charge in [-0.3, -0.25) is 4.79 Å². The number of phenolic OH excluding ortho intramolecular Hbond substituents is 1. The third-order valence-corrected chi connectivity index (χ3v) is 6.15. The second kappa shape index (κ2) is 9.25. The van der Waals surface area contributed by atoms with Crippen molar-refractivity contribution < 1.29 is 28.5 Å². The molecule has 1 aliphatic rings. The number of hydrogen-bond donors (Lipinski definition) is 2. The van der Waals surface area contributed by atoms with Gasteiger partial charge in [-0.05, 0) is 43.2 Å². The summed E-state index contributed by atoms with van der Waals surface area (Å²) >= 11 is 0. The van der Waals surface area contributed by atoms with Crippen molar-refractivity contribution in [1.29, 1.82) is 0 Å². The SMILES string of the molecule is O=C(O)c1cn(-c2ccc(O)cc2F)c2cc(N3CCC[C@@H]3COc3cccnn3)c(F)cc2c1=O. The Bertz CT molecular complexity index is 1530. The van der Waals surface area contributed by atoms with Crippen LogP contribution in [0.4, 0.5) is 14.5 Å². The number of nitrogens with zero attached hydrogens (tertiary/aromatic N) is 4. The molecule has 0 amide bonds. The highest BCUT2D eigenvalue weighted by molar-refractivity contribution is 5.94. The van der Waals surface area contributed by atoms with Gasteiger partial charge in [-0.25, -0.2) is 13.6 Å². The number of carboxylic acid groups (broad SMARTS) is 1. The number of rotatable bonds is 6. The topological polar surface area (TPSA) is 118 Å². The van der Waals surface area contributed by atoms with E-state index >= 15 is 4.39 Å². The molecule has 11 heteroatoms. The number of phenols is 1. The zero-order valence-corrected chi connectivity index (χ0v) is 18.8. The maximum atomic E-state index is 15.4. The van der Waals surface area contributed by atoms with Gasteiger partial charge in [-0.1, -0.05) is 0 Å². The molecule has 1 atom stereocenters. The van der Waals surface area contributed by atoms with E-state index in [9.17, 15) is 24.2 Å². The van der Waals surface area contributed by atoms with Crippen LogP contribution in [0.1, 0.15) is 23.2 Å². The van der Waals surface area contributed by atoms with Crippen molar-refractivity contribution in [2.75, 3.05) is 18.1 Å². The highest BCUT2D eigenvalue weighted by Crippen LogP contribution is 2.33. The van der Waals surface area contributed by atoms with Crippen LogP contribution in [-0.4, -0.2) is 50.1 Å². The molecule has 0 unspecified atom stereocenters. The van der Waals surface area contributed by atoms with Crippen molar-refractivity contribution >= 4 is 22.6 Å². The minimum atomic E-state index is -1.53. The number of halogens is 2. The fraction of sp³-hybridized carbons (Fsp3) is 0.200. The molecule has 2 aromatic heterocycles. The normalized spacial score (nSPS) is 15.4. The quantitative estimate of drug-likeness (QED) is 0.418. The number of pyridine rings is 1. The van der Waals surface area contributed by atoms with Gasteiger partial charge in [0.15, 0.2) is 5.82 Å².